The van der Waals surface area contributed by atoms with Gasteiger partial charge in [-0.25, -0.2) is 0 Å². The van der Waals surface area contributed by atoms with E-state index in [-0.39, 0.29) is 12.0 Å². The van der Waals surface area contributed by atoms with Crippen molar-refractivity contribution in [1.82, 2.24) is 5.32 Å². The molecule has 3 N–H and O–H groups in total. The summed E-state index contributed by atoms with van der Waals surface area (Å²) in [4.78, 5) is 12.2. The second-order valence-electron chi connectivity index (χ2n) is 5.65. The summed E-state index contributed by atoms with van der Waals surface area (Å²) < 4.78 is 5.85. The molecule has 0 radical (unpaired) electrons. The number of ether oxygens (including phenoxy) is 1. The van der Waals surface area contributed by atoms with Gasteiger partial charge in [0.2, 0.25) is 5.91 Å². The number of rotatable bonds is 6. The van der Waals surface area contributed by atoms with Crippen molar-refractivity contribution in [3.05, 3.63) is 29.3 Å². The molecule has 0 bridgehead atoms. The van der Waals surface area contributed by atoms with Crippen molar-refractivity contribution < 1.29 is 9.53 Å². The molecule has 0 aromatic heterocycles. The molecule has 1 amide bonds. The topological polar surface area (TPSA) is 64.4 Å². The molecule has 5 heteroatoms. The Balaban J connectivity index is 1.88. The molecule has 1 aliphatic carbocycles. The highest BCUT2D eigenvalue weighted by molar-refractivity contribution is 6.32. The minimum atomic E-state index is -0.692. The minimum Gasteiger partial charge on any atom is -0.487 e. The van der Waals surface area contributed by atoms with E-state index in [1.54, 1.807) is 6.07 Å². The first-order valence-electron chi connectivity index (χ1n) is 7.53. The lowest BCUT2D eigenvalue weighted by molar-refractivity contribution is -0.126. The average Bonchev–Trinajstić information content (AvgIpc) is 2.93. The number of hydrogen-bond acceptors (Lipinski definition) is 3. The van der Waals surface area contributed by atoms with Crippen LogP contribution in [0.15, 0.2) is 24.3 Å². The van der Waals surface area contributed by atoms with Crippen molar-refractivity contribution in [2.24, 2.45) is 5.73 Å². The first kappa shape index (κ1) is 16.1. The van der Waals surface area contributed by atoms with Crippen molar-refractivity contribution in [2.75, 3.05) is 6.54 Å². The van der Waals surface area contributed by atoms with Gasteiger partial charge in [-0.2, -0.15) is 0 Å². The molecular weight excluding hydrogens is 288 g/mol. The van der Waals surface area contributed by atoms with Crippen molar-refractivity contribution in [3.8, 4) is 5.75 Å². The fourth-order valence-electron chi connectivity index (χ4n) is 2.60. The number of benzene rings is 1. The molecule has 21 heavy (non-hydrogen) atoms. The number of para-hydroxylation sites is 1. The summed E-state index contributed by atoms with van der Waals surface area (Å²) in [5, 5.41) is 3.50. The Morgan fingerprint density at radius 2 is 2.10 bits per heavy atom. The Morgan fingerprint density at radius 1 is 1.43 bits per heavy atom. The molecule has 1 saturated carbocycles. The van der Waals surface area contributed by atoms with Crippen LogP contribution in [0.3, 0.4) is 0 Å². The van der Waals surface area contributed by atoms with Crippen LogP contribution < -0.4 is 15.8 Å². The molecule has 1 aliphatic rings. The molecule has 0 spiro atoms. The van der Waals surface area contributed by atoms with Gasteiger partial charge in [-0.15, -0.1) is 0 Å². The zero-order valence-electron chi connectivity index (χ0n) is 12.4. The molecular formula is C16H23ClN2O2. The van der Waals surface area contributed by atoms with Crippen LogP contribution >= 0.6 is 11.6 Å². The third-order valence-corrected chi connectivity index (χ3v) is 4.34. The summed E-state index contributed by atoms with van der Waals surface area (Å²) >= 11 is 6.08. The lowest BCUT2D eigenvalue weighted by Crippen LogP contribution is -2.53. The van der Waals surface area contributed by atoms with E-state index in [0.29, 0.717) is 17.3 Å². The van der Waals surface area contributed by atoms with Gasteiger partial charge in [0.05, 0.1) is 17.1 Å². The third-order valence-electron chi connectivity index (χ3n) is 4.02. The van der Waals surface area contributed by atoms with Crippen molar-refractivity contribution >= 4 is 17.5 Å². The van der Waals surface area contributed by atoms with Crippen LogP contribution in [0.4, 0.5) is 0 Å². The zero-order valence-corrected chi connectivity index (χ0v) is 13.2. The number of carbonyl (C=O) groups excluding carboxylic acids is 1. The van der Waals surface area contributed by atoms with Crippen LogP contribution in [-0.2, 0) is 4.79 Å². The maximum Gasteiger partial charge on any atom is 0.240 e. The Kier molecular flexibility index (Phi) is 5.48. The lowest BCUT2D eigenvalue weighted by Gasteiger charge is -2.25. The van der Waals surface area contributed by atoms with E-state index in [1.165, 1.54) is 0 Å². The maximum absolute atomic E-state index is 12.2. The van der Waals surface area contributed by atoms with E-state index in [0.717, 1.165) is 32.1 Å². The number of halogens is 1. The molecule has 1 aromatic carbocycles. The van der Waals surface area contributed by atoms with Crippen LogP contribution in [0, 0.1) is 0 Å². The first-order chi connectivity index (χ1) is 10.0. The quantitative estimate of drug-likeness (QED) is 0.849. The van der Waals surface area contributed by atoms with Gasteiger partial charge >= 0.3 is 0 Å². The van der Waals surface area contributed by atoms with Gasteiger partial charge in [-0.1, -0.05) is 43.5 Å². The summed E-state index contributed by atoms with van der Waals surface area (Å²) in [5.74, 6) is 0.574. The maximum atomic E-state index is 12.2. The molecule has 1 atom stereocenters. The fraction of sp³-hybridized carbons (Fsp3) is 0.562. The summed E-state index contributed by atoms with van der Waals surface area (Å²) in [7, 11) is 0. The highest BCUT2D eigenvalue weighted by Crippen LogP contribution is 2.27. The molecule has 0 heterocycles. The Bertz CT molecular complexity index is 487. The smallest absolute Gasteiger partial charge is 0.240 e. The van der Waals surface area contributed by atoms with Crippen molar-refractivity contribution in [2.45, 2.75) is 50.7 Å². The molecule has 1 aromatic rings. The number of nitrogens with two attached hydrogens (primary N) is 1. The molecule has 2 rings (SSSR count). The Morgan fingerprint density at radius 3 is 2.71 bits per heavy atom. The van der Waals surface area contributed by atoms with E-state index in [1.807, 2.05) is 25.1 Å². The van der Waals surface area contributed by atoms with Gasteiger partial charge in [-0.3, -0.25) is 4.79 Å². The van der Waals surface area contributed by atoms with E-state index < -0.39 is 5.54 Å². The van der Waals surface area contributed by atoms with Gasteiger partial charge in [-0.05, 0) is 31.4 Å². The van der Waals surface area contributed by atoms with Crippen LogP contribution in [0.2, 0.25) is 5.02 Å². The first-order valence-corrected chi connectivity index (χ1v) is 7.91. The van der Waals surface area contributed by atoms with Crippen molar-refractivity contribution in [1.29, 1.82) is 0 Å². The Labute approximate surface area is 131 Å². The van der Waals surface area contributed by atoms with Gasteiger partial charge in [0, 0.05) is 0 Å². The van der Waals surface area contributed by atoms with Gasteiger partial charge in [0.25, 0.3) is 0 Å². The molecule has 4 nitrogen and oxygen atoms in total. The predicted octanol–water partition coefficient (Wildman–Crippen LogP) is 2.89. The summed E-state index contributed by atoms with van der Waals surface area (Å²) in [6, 6.07) is 7.35. The van der Waals surface area contributed by atoms with Crippen molar-refractivity contribution in [3.63, 3.8) is 0 Å². The monoisotopic (exact) mass is 310 g/mol. The Hall–Kier alpha value is -1.26. The highest BCUT2D eigenvalue weighted by atomic mass is 35.5. The number of amides is 1. The minimum absolute atomic E-state index is 0.0683. The SMILES string of the molecule is CCC(CNC(=O)C1(N)CCCC1)Oc1ccccc1Cl. The third kappa shape index (κ3) is 4.11. The summed E-state index contributed by atoms with van der Waals surface area (Å²) in [6.45, 7) is 2.46. The zero-order chi connectivity index (χ0) is 15.3. The second-order valence-corrected chi connectivity index (χ2v) is 6.06. The number of hydrogen-bond donors (Lipinski definition) is 2. The van der Waals surface area contributed by atoms with Gasteiger partial charge in [0.15, 0.2) is 0 Å². The van der Waals surface area contributed by atoms with E-state index in [2.05, 4.69) is 5.32 Å². The van der Waals surface area contributed by atoms with Gasteiger partial charge in [0.1, 0.15) is 11.9 Å². The normalized spacial score (nSPS) is 18.2. The molecule has 0 saturated heterocycles. The standard InChI is InChI=1S/C16H23ClN2O2/c1-2-12(21-14-8-4-3-7-13(14)17)11-19-15(20)16(18)9-5-6-10-16/h3-4,7-8,12H,2,5-6,9-11,18H2,1H3,(H,19,20). The molecule has 116 valence electrons. The largest absolute Gasteiger partial charge is 0.487 e. The number of nitrogens with one attached hydrogen (secondary N) is 1. The van der Waals surface area contributed by atoms with Gasteiger partial charge < -0.3 is 15.8 Å². The van der Waals surface area contributed by atoms with E-state index in [9.17, 15) is 4.79 Å². The highest BCUT2D eigenvalue weighted by Gasteiger charge is 2.36. The molecule has 0 aliphatic heterocycles. The predicted molar refractivity (Wildman–Crippen MR) is 84.6 cm³/mol. The average molecular weight is 311 g/mol. The molecule has 1 fully saturated rings. The van der Waals surface area contributed by atoms with E-state index in [4.69, 9.17) is 22.1 Å². The van der Waals surface area contributed by atoms with E-state index >= 15 is 0 Å². The number of carbonyl (C=O) groups is 1. The molecule has 1 unspecified atom stereocenters. The second kappa shape index (κ2) is 7.14. The summed E-state index contributed by atoms with van der Waals surface area (Å²) in [5.41, 5.74) is 5.44. The van der Waals surface area contributed by atoms with Crippen LogP contribution in [0.1, 0.15) is 39.0 Å². The summed E-state index contributed by atoms with van der Waals surface area (Å²) in [6.07, 6.45) is 4.25. The lowest BCUT2D eigenvalue weighted by atomic mass is 9.98. The van der Waals surface area contributed by atoms with Crippen LogP contribution in [-0.4, -0.2) is 24.1 Å². The van der Waals surface area contributed by atoms with Crippen LogP contribution in [0.25, 0.3) is 0 Å². The van der Waals surface area contributed by atoms with Crippen LogP contribution in [0.5, 0.6) is 5.75 Å². The fourth-order valence-corrected chi connectivity index (χ4v) is 2.79.